The SMILES string of the molecule is Fc1ccc(-c2ccc([S-])c(-c3nc4ccccc4s3)c2)cc1.Fc1ccc(-c2ccc([S-])c(-c3nc4ccccc4s3)c2)cc1.Oc1c(-c2nc3ccccc3s2)ccc2ccccc12.Oc1c(-c2nc3ccccc3s2)ccc2ccccc12.[Be+2].[O-]c1cccc2ccc[nH+]c12.[O-]c1ccccc1-c1[nH+]c2ccccc2o1.[S-]c1ccccc1-c1nc2ccccc2s1.[S-]c1ccccc1-c1nccc2ccccc12.[Zn+2].[Zn+2].[Zn]. The van der Waals surface area contributed by atoms with Gasteiger partial charge in [-0.05, 0) is 206 Å². The summed E-state index contributed by atoms with van der Waals surface area (Å²) in [4.78, 5) is 36.9. The van der Waals surface area contributed by atoms with Gasteiger partial charge in [0.05, 0.1) is 73.5 Å². The summed E-state index contributed by atoms with van der Waals surface area (Å²) in [5.41, 5.74) is 18.3. The first-order chi connectivity index (χ1) is 71.5. The van der Waals surface area contributed by atoms with Gasteiger partial charge in [0.1, 0.15) is 48.2 Å². The van der Waals surface area contributed by atoms with Crippen molar-refractivity contribution in [2.24, 2.45) is 0 Å². The maximum atomic E-state index is 13.1. The molecule has 13 nitrogen and oxygen atoms in total. The predicted molar refractivity (Wildman–Crippen MR) is 607 cm³/mol. The topological polar surface area (TPSA) is 205 Å². The first-order valence-corrected chi connectivity index (χ1v) is 51.7. The molecule has 27 rings (SSSR count). The number of nitrogens with zero attached hydrogens (tertiary/aromatic N) is 6. The number of fused-ring (bicyclic) bond motifs is 10. The van der Waals surface area contributed by atoms with Crippen LogP contribution in [0.4, 0.5) is 8.78 Å². The van der Waals surface area contributed by atoms with E-state index < -0.39 is 0 Å². The van der Waals surface area contributed by atoms with Gasteiger partial charge in [-0.15, -0.1) is 56.7 Å². The van der Waals surface area contributed by atoms with Crippen molar-refractivity contribution in [3.05, 3.63) is 461 Å². The van der Waals surface area contributed by atoms with Gasteiger partial charge >= 0.3 is 55.0 Å². The molecule has 8 heterocycles. The second-order valence-electron chi connectivity index (χ2n) is 33.0. The van der Waals surface area contributed by atoms with Gasteiger partial charge in [0, 0.05) is 59.4 Å². The zero-order chi connectivity index (χ0) is 99.9. The first kappa shape index (κ1) is 108. The number of rotatable bonds is 9. The molecule has 150 heavy (non-hydrogen) atoms. The minimum Gasteiger partial charge on any atom is -0.872 e. The number of phenolic OH excluding ortho intramolecular Hbond substituents is 2. The molecule has 0 atom stereocenters. The molecule has 0 unspecified atom stereocenters. The molecule has 0 amide bonds. The van der Waals surface area contributed by atoms with Gasteiger partial charge in [-0.1, -0.05) is 291 Å². The summed E-state index contributed by atoms with van der Waals surface area (Å²) in [6, 6.07) is 138. The maximum Gasteiger partial charge on any atom is 2.00 e. The molecule has 0 radical (unpaired) electrons. The van der Waals surface area contributed by atoms with Crippen LogP contribution in [0, 0.1) is 11.6 Å². The molecule has 0 fully saturated rings. The van der Waals surface area contributed by atoms with E-state index in [0.29, 0.717) is 28.5 Å². The van der Waals surface area contributed by atoms with Crippen molar-refractivity contribution in [3.63, 3.8) is 0 Å². The van der Waals surface area contributed by atoms with Crippen LogP contribution in [-0.4, -0.2) is 50.2 Å². The van der Waals surface area contributed by atoms with Gasteiger partial charge in [0.15, 0.2) is 6.20 Å². The molecule has 710 valence electrons. The van der Waals surface area contributed by atoms with E-state index in [0.717, 1.165) is 196 Å². The van der Waals surface area contributed by atoms with E-state index in [-0.39, 0.29) is 91.7 Å². The summed E-state index contributed by atoms with van der Waals surface area (Å²) in [7, 11) is 0. The molecule has 0 bridgehead atoms. The number of para-hydroxylation sites is 9. The number of nitrogens with one attached hydrogen (secondary N) is 2. The van der Waals surface area contributed by atoms with Crippen LogP contribution in [0.1, 0.15) is 0 Å². The van der Waals surface area contributed by atoms with E-state index in [1.165, 1.54) is 40.4 Å². The average Bonchev–Trinajstić information content (AvgIpc) is 1.55. The number of thiazole rings is 5. The number of pyridine rings is 2. The molecule has 0 aliphatic rings. The third kappa shape index (κ3) is 25.2. The van der Waals surface area contributed by atoms with Gasteiger partial charge in [-0.2, -0.15) is 24.6 Å². The minimum absolute atomic E-state index is 0. The number of H-pyrrole nitrogens is 2. The number of hydrogen-bond donors (Lipinski definition) is 2. The summed E-state index contributed by atoms with van der Waals surface area (Å²) in [5.74, 6) is 0.650. The van der Waals surface area contributed by atoms with Crippen molar-refractivity contribution in [2.75, 3.05) is 0 Å². The van der Waals surface area contributed by atoms with E-state index in [4.69, 9.17) is 54.9 Å². The zero-order valence-electron chi connectivity index (χ0n) is 79.8. The van der Waals surface area contributed by atoms with E-state index in [2.05, 4.69) is 82.3 Å². The molecule has 27 aromatic rings. The Morgan fingerprint density at radius 1 is 0.293 bits per heavy atom. The molecular weight excluding hydrogens is 2190 g/mol. The van der Waals surface area contributed by atoms with Crippen LogP contribution in [0.3, 0.4) is 0 Å². The Morgan fingerprint density at radius 2 is 0.633 bits per heavy atom. The van der Waals surface area contributed by atoms with Crippen molar-refractivity contribution in [1.29, 1.82) is 0 Å². The van der Waals surface area contributed by atoms with Crippen LogP contribution in [0.2, 0.25) is 0 Å². The smallest absolute Gasteiger partial charge is 0.872 e. The standard InChI is InChI=1S/2C19H12FNS2.2C17H11NOS.C15H11NS.C13H9NO2.C13H9NS2.C9H7NO.Be.3Zn/c2*20-14-8-5-12(6-9-14)13-7-10-17(22)15(11-13)19-21-16-3-1-2-4-18(16)23-19;2*19-16-12-6-2-1-5-11(12)9-10-13(16)17-18-14-7-3-4-8-15(14)20-17;17-14-8-4-3-7-13(14)15-12-6-2-1-5-11(12)9-10-16-15;2*15-11-7-3-1-5-9(11)13-14-10-6-2-4-8-12(10)16-13;11-8-5-1-3-7-4-2-6-10-9(7)8;;;;/h2*1-11,22H;2*1-10,19H;1-10,17H;2*1-8,15H;1-6,11H;;;;/q;;;;;;;;+2;;2*+2/p-4. The Bertz CT molecular complexity index is 8750. The molecule has 8 aromatic heterocycles. The van der Waals surface area contributed by atoms with Crippen LogP contribution >= 0.6 is 56.7 Å². The molecule has 0 saturated heterocycles. The number of oxazole rings is 1. The van der Waals surface area contributed by atoms with Crippen LogP contribution in [-0.2, 0) is 109 Å². The Morgan fingerprint density at radius 3 is 1.07 bits per heavy atom. The monoisotopic (exact) mass is 2260 g/mol. The summed E-state index contributed by atoms with van der Waals surface area (Å²) < 4.78 is 37.5. The molecule has 19 aromatic carbocycles. The van der Waals surface area contributed by atoms with E-state index in [9.17, 15) is 29.2 Å². The van der Waals surface area contributed by atoms with Crippen molar-refractivity contribution in [2.45, 2.75) is 19.6 Å². The molecule has 0 aliphatic heterocycles. The Kier molecular flexibility index (Phi) is 36.5. The first-order valence-electron chi connectivity index (χ1n) is 45.9. The van der Waals surface area contributed by atoms with Crippen LogP contribution in [0.5, 0.6) is 23.0 Å². The largest absolute Gasteiger partial charge is 2.00 e. The second-order valence-corrected chi connectivity index (χ2v) is 40.0. The Hall–Kier alpha value is -14.6. The summed E-state index contributed by atoms with van der Waals surface area (Å²) >= 11 is 29.8. The zero-order valence-corrected chi connectivity index (χ0v) is 96.0. The number of halogens is 2. The second kappa shape index (κ2) is 50.6. The van der Waals surface area contributed by atoms with Gasteiger partial charge in [-0.3, -0.25) is 4.98 Å². The minimum atomic E-state index is -0.236. The third-order valence-electron chi connectivity index (χ3n) is 23.6. The Balaban J connectivity index is 0.000000122. The molecule has 0 spiro atoms. The fourth-order valence-corrected chi connectivity index (χ4v) is 22.4. The number of aromatic amines is 2. The van der Waals surface area contributed by atoms with E-state index in [1.807, 2.05) is 322 Å². The number of aromatic hydroxyl groups is 2. The predicted octanol–water partition coefficient (Wildman–Crippen LogP) is 31.0. The van der Waals surface area contributed by atoms with Crippen molar-refractivity contribution in [3.8, 4) is 121 Å². The van der Waals surface area contributed by atoms with Crippen LogP contribution in [0.15, 0.2) is 473 Å². The van der Waals surface area contributed by atoms with Crippen molar-refractivity contribution in [1.82, 2.24) is 29.9 Å². The summed E-state index contributed by atoms with van der Waals surface area (Å²) in [6.07, 6.45) is 3.59. The van der Waals surface area contributed by atoms with Gasteiger partial charge < -0.3 is 75.4 Å². The van der Waals surface area contributed by atoms with E-state index in [1.54, 1.807) is 111 Å². The maximum absolute atomic E-state index is 13.1. The molecule has 0 aliphatic carbocycles. The van der Waals surface area contributed by atoms with Gasteiger partial charge in [0.2, 0.25) is 16.6 Å². The van der Waals surface area contributed by atoms with Crippen LogP contribution < -0.4 is 20.2 Å². The van der Waals surface area contributed by atoms with Gasteiger partial charge in [0.25, 0.3) is 0 Å². The normalized spacial score (nSPS) is 10.6. The Labute approximate surface area is 946 Å². The van der Waals surface area contributed by atoms with Gasteiger partial charge in [-0.25, -0.2) is 38.7 Å². The third-order valence-corrected chi connectivity index (χ3v) is 30.3. The van der Waals surface area contributed by atoms with Crippen LogP contribution in [0.25, 0.3) is 203 Å². The summed E-state index contributed by atoms with van der Waals surface area (Å²) in [6.45, 7) is 0. The number of phenols is 2. The fourth-order valence-electron chi connectivity index (χ4n) is 16.3. The van der Waals surface area contributed by atoms with Crippen molar-refractivity contribution < 1.29 is 102 Å². The molecular formula is C122H78BeF2N8O5S9Zn3+2. The number of aromatic nitrogens is 8. The molecule has 4 N–H and O–H groups in total. The van der Waals surface area contributed by atoms with E-state index >= 15 is 0 Å². The average molecular weight is 2270 g/mol. The number of hydrogen-bond acceptors (Lipinski definition) is 20. The summed E-state index contributed by atoms with van der Waals surface area (Å²) in [5, 5.41) is 55.4. The quantitative estimate of drug-likeness (QED) is 0.102. The molecule has 28 heteroatoms. The number of benzene rings is 19. The van der Waals surface area contributed by atoms with Crippen molar-refractivity contribution >= 4 is 223 Å². The fraction of sp³-hybridized carbons (Fsp3) is 0. The molecule has 0 saturated carbocycles.